The normalized spacial score (nSPS) is 16.8. The molecule has 1 heterocycles. The van der Waals surface area contributed by atoms with Gasteiger partial charge in [-0.25, -0.2) is 4.79 Å². The molecule has 0 saturated carbocycles. The number of amides is 1. The summed E-state index contributed by atoms with van der Waals surface area (Å²) in [6, 6.07) is 11.5. The van der Waals surface area contributed by atoms with Crippen LogP contribution in [-0.2, 0) is 23.9 Å². The molecular formula is C28H26F3N3O10. The lowest BCUT2D eigenvalue weighted by molar-refractivity contribution is -0.814. The van der Waals surface area contributed by atoms with Crippen LogP contribution in [0.3, 0.4) is 0 Å². The second kappa shape index (κ2) is 15.8. The number of nitro groups is 2. The number of likely N-dealkylation sites (tertiary alicyclic amines) is 1. The molecule has 1 fully saturated rings. The molecule has 0 aliphatic carbocycles. The van der Waals surface area contributed by atoms with Crippen molar-refractivity contribution in [1.29, 1.82) is 0 Å². The lowest BCUT2D eigenvalue weighted by Crippen LogP contribution is -3.14. The van der Waals surface area contributed by atoms with Crippen LogP contribution in [0.1, 0.15) is 37.3 Å². The first-order valence-corrected chi connectivity index (χ1v) is 12.9. The van der Waals surface area contributed by atoms with Crippen molar-refractivity contribution in [2.24, 2.45) is 0 Å². The maximum Gasteiger partial charge on any atom is 0.430 e. The molecule has 16 heteroatoms. The number of hydrogen-bond acceptors (Lipinski definition) is 10. The zero-order chi connectivity index (χ0) is 33.0. The van der Waals surface area contributed by atoms with Gasteiger partial charge in [-0.05, 0) is 54.5 Å². The van der Waals surface area contributed by atoms with Crippen molar-refractivity contribution in [2.45, 2.75) is 32.4 Å². The zero-order valence-electron chi connectivity index (χ0n) is 23.1. The average molecular weight is 622 g/mol. The molecular weight excluding hydrogens is 595 g/mol. The molecule has 13 nitrogen and oxygen atoms in total. The molecule has 1 aliphatic heterocycles. The lowest BCUT2D eigenvalue weighted by Gasteiger charge is -2.14. The summed E-state index contributed by atoms with van der Waals surface area (Å²) in [4.78, 5) is 68.2. The number of non-ortho nitro benzene ring substituents is 2. The van der Waals surface area contributed by atoms with Gasteiger partial charge in [0.05, 0.1) is 41.4 Å². The summed E-state index contributed by atoms with van der Waals surface area (Å²) in [5, 5.41) is 30.7. The number of aliphatic carboxylic acids is 1. The maximum absolute atomic E-state index is 13.5. The Bertz CT molecular complexity index is 1470. The Kier molecular flexibility index (Phi) is 12.6. The van der Waals surface area contributed by atoms with E-state index in [-0.39, 0.29) is 55.5 Å². The van der Waals surface area contributed by atoms with Crippen LogP contribution in [0.15, 0.2) is 59.7 Å². The third-order valence-electron chi connectivity index (χ3n) is 6.06. The Morgan fingerprint density at radius 2 is 1.34 bits per heavy atom. The predicted molar refractivity (Wildman–Crippen MR) is 144 cm³/mol. The molecule has 1 aliphatic rings. The molecule has 234 valence electrons. The largest absolute Gasteiger partial charge is 0.542 e. The molecule has 1 atom stereocenters. The Hall–Kier alpha value is -5.25. The molecule has 1 amide bonds. The summed E-state index contributed by atoms with van der Waals surface area (Å²) in [7, 11) is 0. The third-order valence-corrected chi connectivity index (χ3v) is 6.06. The topological polar surface area (TPSA) is 191 Å². The predicted octanol–water partition coefficient (Wildman–Crippen LogP) is 2.00. The van der Waals surface area contributed by atoms with E-state index in [9.17, 15) is 47.8 Å². The number of hydrogen-bond donors (Lipinski definition) is 1. The molecule has 1 N–H and O–H groups in total. The van der Waals surface area contributed by atoms with Gasteiger partial charge in [-0.2, -0.15) is 13.2 Å². The number of carbonyl (C=O) groups is 4. The summed E-state index contributed by atoms with van der Waals surface area (Å²) >= 11 is 0. The van der Waals surface area contributed by atoms with Gasteiger partial charge in [0.25, 0.3) is 11.4 Å². The number of halogens is 3. The SMILES string of the molecule is CCOC(=O)CCC(=O)[NH+]1CC/C(=C\c2ccc([N+](=O)[O-])cc2)C(=O)/C(=C/c2ccc([N+](=O)[O-])cc2)C1.O=C([O-])C(F)(F)F. The van der Waals surface area contributed by atoms with Gasteiger partial charge in [-0.3, -0.25) is 34.7 Å². The van der Waals surface area contributed by atoms with E-state index < -0.39 is 28.0 Å². The van der Waals surface area contributed by atoms with Crippen LogP contribution in [0.25, 0.3) is 12.2 Å². The minimum atomic E-state index is -5.19. The highest BCUT2D eigenvalue weighted by atomic mass is 19.4. The number of carboxylic acids is 1. The number of Topliss-reactive ketones (excluding diaryl/α,β-unsaturated/α-hetero) is 1. The van der Waals surface area contributed by atoms with E-state index >= 15 is 0 Å². The van der Waals surface area contributed by atoms with Crippen LogP contribution in [0, 0.1) is 20.2 Å². The lowest BCUT2D eigenvalue weighted by atomic mass is 9.98. The van der Waals surface area contributed by atoms with E-state index in [4.69, 9.17) is 14.6 Å². The smallest absolute Gasteiger partial charge is 0.430 e. The van der Waals surface area contributed by atoms with Crippen LogP contribution in [0.4, 0.5) is 24.5 Å². The number of ketones is 1. The van der Waals surface area contributed by atoms with Crippen molar-refractivity contribution < 1.29 is 56.9 Å². The number of alkyl halides is 3. The molecule has 44 heavy (non-hydrogen) atoms. The average Bonchev–Trinajstić information content (AvgIpc) is 3.11. The number of carbonyl (C=O) groups excluding carboxylic acids is 4. The van der Waals surface area contributed by atoms with Gasteiger partial charge >= 0.3 is 18.1 Å². The second-order valence-electron chi connectivity index (χ2n) is 9.16. The van der Waals surface area contributed by atoms with Gasteiger partial charge in [0.15, 0.2) is 5.78 Å². The number of carboxylic acid groups (broad SMARTS) is 1. The number of benzene rings is 2. The molecule has 2 aromatic carbocycles. The van der Waals surface area contributed by atoms with Crippen LogP contribution in [0.5, 0.6) is 0 Å². The number of rotatable bonds is 8. The number of nitrogens with zero attached hydrogens (tertiary/aromatic N) is 2. The molecule has 3 rings (SSSR count). The first-order chi connectivity index (χ1) is 20.6. The number of quaternary nitrogens is 1. The number of ether oxygens (including phenoxy) is 1. The highest BCUT2D eigenvalue weighted by molar-refractivity contribution is 6.13. The van der Waals surface area contributed by atoms with Crippen molar-refractivity contribution in [3.63, 3.8) is 0 Å². The molecule has 0 aromatic heterocycles. The standard InChI is InChI=1S/C26H25N3O8.C2HF3O2/c1-2-37-25(31)12-11-24(30)27-14-13-20(15-18-3-7-22(8-4-18)28(33)34)26(32)21(17-27)16-19-5-9-23(10-6-19)29(35)36;3-2(4,5)1(6)7/h3-10,15-16H,2,11-14,17H2,1H3;(H,6,7)/b20-15+,21-16+;. The fourth-order valence-electron chi connectivity index (χ4n) is 3.91. The van der Waals surface area contributed by atoms with Gasteiger partial charge < -0.3 is 14.6 Å². The Balaban J connectivity index is 0.000000860. The summed E-state index contributed by atoms with van der Waals surface area (Å²) in [6.45, 7) is 2.29. The Morgan fingerprint density at radius 3 is 1.75 bits per heavy atom. The first kappa shape index (κ1) is 34.9. The fraction of sp³-hybridized carbons (Fsp3) is 0.286. The van der Waals surface area contributed by atoms with Crippen molar-refractivity contribution in [3.8, 4) is 0 Å². The Labute approximate surface area is 247 Å². The summed E-state index contributed by atoms with van der Waals surface area (Å²) in [6.07, 6.45) is -1.78. The van der Waals surface area contributed by atoms with E-state index in [0.29, 0.717) is 33.7 Å². The molecule has 0 bridgehead atoms. The van der Waals surface area contributed by atoms with Gasteiger partial charge in [-0.15, -0.1) is 0 Å². The van der Waals surface area contributed by atoms with Crippen molar-refractivity contribution in [1.82, 2.24) is 0 Å². The van der Waals surface area contributed by atoms with E-state index in [1.807, 2.05) is 0 Å². The van der Waals surface area contributed by atoms with Crippen molar-refractivity contribution >= 4 is 47.2 Å². The fourth-order valence-corrected chi connectivity index (χ4v) is 3.91. The second-order valence-corrected chi connectivity index (χ2v) is 9.16. The monoisotopic (exact) mass is 621 g/mol. The van der Waals surface area contributed by atoms with Crippen LogP contribution < -0.4 is 10.0 Å². The van der Waals surface area contributed by atoms with E-state index in [2.05, 4.69) is 0 Å². The van der Waals surface area contributed by atoms with Gasteiger partial charge in [0.2, 0.25) is 0 Å². The van der Waals surface area contributed by atoms with Gasteiger partial charge in [0, 0.05) is 36.3 Å². The van der Waals surface area contributed by atoms with E-state index in [1.54, 1.807) is 19.1 Å². The first-order valence-electron chi connectivity index (χ1n) is 12.9. The summed E-state index contributed by atoms with van der Waals surface area (Å²) < 4.78 is 36.4. The zero-order valence-corrected chi connectivity index (χ0v) is 23.1. The summed E-state index contributed by atoms with van der Waals surface area (Å²) in [5.74, 6) is -3.99. The van der Waals surface area contributed by atoms with E-state index in [1.165, 1.54) is 48.5 Å². The highest BCUT2D eigenvalue weighted by Gasteiger charge is 2.31. The van der Waals surface area contributed by atoms with Gasteiger partial charge in [0.1, 0.15) is 12.5 Å². The summed E-state index contributed by atoms with van der Waals surface area (Å²) in [5.41, 5.74) is 1.75. The van der Waals surface area contributed by atoms with Crippen LogP contribution in [0.2, 0.25) is 0 Å². The number of nitrogens with one attached hydrogen (secondary N) is 1. The minimum absolute atomic E-state index is 0.0332. The highest BCUT2D eigenvalue weighted by Crippen LogP contribution is 2.21. The molecule has 0 radical (unpaired) electrons. The van der Waals surface area contributed by atoms with Crippen molar-refractivity contribution in [3.05, 3.63) is 91.0 Å². The van der Waals surface area contributed by atoms with Crippen molar-refractivity contribution in [2.75, 3.05) is 19.7 Å². The minimum Gasteiger partial charge on any atom is -0.542 e. The number of esters is 1. The third kappa shape index (κ3) is 10.9. The Morgan fingerprint density at radius 1 is 0.886 bits per heavy atom. The number of nitro benzene ring substituents is 2. The van der Waals surface area contributed by atoms with E-state index in [0.717, 1.165) is 0 Å². The van der Waals surface area contributed by atoms with Gasteiger partial charge in [-0.1, -0.05) is 0 Å². The molecule has 1 unspecified atom stereocenters. The quantitative estimate of drug-likeness (QED) is 0.197. The maximum atomic E-state index is 13.5. The van der Waals surface area contributed by atoms with Crippen LogP contribution in [-0.4, -0.2) is 59.3 Å². The molecule has 2 aromatic rings. The van der Waals surface area contributed by atoms with Crippen LogP contribution >= 0.6 is 0 Å². The molecule has 1 saturated heterocycles. The molecule has 0 spiro atoms.